The normalized spacial score (nSPS) is 10.6. The maximum atomic E-state index is 12.8. The number of hydrogen-bond donors (Lipinski definition) is 1. The van der Waals surface area contributed by atoms with Crippen LogP contribution in [0.3, 0.4) is 0 Å². The van der Waals surface area contributed by atoms with Crippen LogP contribution < -0.4 is 19.5 Å². The van der Waals surface area contributed by atoms with Gasteiger partial charge in [0.15, 0.2) is 0 Å². The van der Waals surface area contributed by atoms with Gasteiger partial charge in [-0.2, -0.15) is 0 Å². The highest BCUT2D eigenvalue weighted by molar-refractivity contribution is 6.32. The number of nitrogens with one attached hydrogen (secondary N) is 1. The van der Waals surface area contributed by atoms with Gasteiger partial charge in [-0.15, -0.1) is 0 Å². The lowest BCUT2D eigenvalue weighted by Gasteiger charge is -2.16. The first kappa shape index (κ1) is 22.5. The first-order valence-corrected chi connectivity index (χ1v) is 10.3. The van der Waals surface area contributed by atoms with Gasteiger partial charge in [0, 0.05) is 16.8 Å². The number of ether oxygens (including phenoxy) is 3. The predicted octanol–water partition coefficient (Wildman–Crippen LogP) is 6.31. The lowest BCUT2D eigenvalue weighted by molar-refractivity contribution is 0.102. The van der Waals surface area contributed by atoms with E-state index in [1.54, 1.807) is 50.6 Å². The number of carbonyl (C=O) groups is 1. The number of para-hydroxylation sites is 1. The van der Waals surface area contributed by atoms with Crippen LogP contribution in [-0.2, 0) is 6.61 Å². The maximum absolute atomic E-state index is 12.8. The summed E-state index contributed by atoms with van der Waals surface area (Å²) in [5.41, 5.74) is 2.98. The van der Waals surface area contributed by atoms with Crippen LogP contribution in [0.15, 0.2) is 60.7 Å². The molecule has 0 aliphatic heterocycles. The molecule has 1 amide bonds. The molecule has 0 unspecified atom stereocenters. The van der Waals surface area contributed by atoms with E-state index in [9.17, 15) is 4.79 Å². The zero-order valence-electron chi connectivity index (χ0n) is 18.1. The highest BCUT2D eigenvalue weighted by Gasteiger charge is 2.14. The number of rotatable bonds is 8. The monoisotopic (exact) mass is 439 g/mol. The van der Waals surface area contributed by atoms with Crippen molar-refractivity contribution in [1.82, 2.24) is 0 Å². The molecule has 0 atom stereocenters. The Morgan fingerprint density at radius 1 is 0.935 bits per heavy atom. The average molecular weight is 440 g/mol. The zero-order chi connectivity index (χ0) is 22.4. The molecule has 0 aliphatic carbocycles. The van der Waals surface area contributed by atoms with Crippen LogP contribution in [0.25, 0.3) is 0 Å². The summed E-state index contributed by atoms with van der Waals surface area (Å²) in [5, 5.41) is 3.28. The number of methoxy groups -OCH3 is 2. The van der Waals surface area contributed by atoms with Crippen LogP contribution in [0.5, 0.6) is 17.2 Å². The van der Waals surface area contributed by atoms with Crippen LogP contribution in [0.4, 0.5) is 5.69 Å². The fourth-order valence-electron chi connectivity index (χ4n) is 3.22. The van der Waals surface area contributed by atoms with Gasteiger partial charge in [0.25, 0.3) is 5.91 Å². The second-order valence-corrected chi connectivity index (χ2v) is 7.72. The van der Waals surface area contributed by atoms with Gasteiger partial charge in [-0.3, -0.25) is 4.79 Å². The number of benzene rings is 3. The fraction of sp³-hybridized carbons (Fsp3) is 0.240. The standard InChI is InChI=1S/C25H26ClNO4/c1-16(2)20-7-5-6-8-23(20)31-15-18-13-17(9-11-22(18)29-3)25(28)27-19-10-12-24(30-4)21(26)14-19/h5-14,16H,15H2,1-4H3,(H,27,28). The van der Waals surface area contributed by atoms with Crippen LogP contribution in [0.1, 0.15) is 41.3 Å². The molecule has 6 heteroatoms. The van der Waals surface area contributed by atoms with Crippen molar-refractivity contribution in [1.29, 1.82) is 0 Å². The third kappa shape index (κ3) is 5.50. The second-order valence-electron chi connectivity index (χ2n) is 7.31. The van der Waals surface area contributed by atoms with Crippen LogP contribution in [0, 0.1) is 0 Å². The SMILES string of the molecule is COc1ccc(NC(=O)c2ccc(OC)c(COc3ccccc3C(C)C)c2)cc1Cl. The molecule has 0 aliphatic rings. The van der Waals surface area contributed by atoms with Gasteiger partial charge < -0.3 is 19.5 Å². The van der Waals surface area contributed by atoms with Crippen molar-refractivity contribution in [3.63, 3.8) is 0 Å². The molecule has 1 N–H and O–H groups in total. The Bertz CT molecular complexity index is 1070. The third-order valence-corrected chi connectivity index (χ3v) is 5.17. The van der Waals surface area contributed by atoms with Gasteiger partial charge >= 0.3 is 0 Å². The Morgan fingerprint density at radius 3 is 2.32 bits per heavy atom. The predicted molar refractivity (Wildman–Crippen MR) is 124 cm³/mol. The van der Waals surface area contributed by atoms with Crippen molar-refractivity contribution in [2.24, 2.45) is 0 Å². The Balaban J connectivity index is 1.78. The van der Waals surface area contributed by atoms with Crippen molar-refractivity contribution in [3.8, 4) is 17.2 Å². The van der Waals surface area contributed by atoms with Crippen molar-refractivity contribution in [2.75, 3.05) is 19.5 Å². The Kier molecular flexibility index (Phi) is 7.42. The molecule has 0 saturated carbocycles. The Hall–Kier alpha value is -3.18. The summed E-state index contributed by atoms with van der Waals surface area (Å²) >= 11 is 6.15. The molecular formula is C25H26ClNO4. The van der Waals surface area contributed by atoms with Gasteiger partial charge in [-0.05, 0) is 53.9 Å². The molecule has 3 aromatic rings. The number of anilines is 1. The van der Waals surface area contributed by atoms with E-state index < -0.39 is 0 Å². The summed E-state index contributed by atoms with van der Waals surface area (Å²) in [7, 11) is 3.14. The molecule has 31 heavy (non-hydrogen) atoms. The summed E-state index contributed by atoms with van der Waals surface area (Å²) in [6.07, 6.45) is 0. The molecule has 3 rings (SSSR count). The Labute approximate surface area is 187 Å². The molecule has 162 valence electrons. The topological polar surface area (TPSA) is 56.8 Å². The molecule has 0 fully saturated rings. The molecule has 0 bridgehead atoms. The minimum Gasteiger partial charge on any atom is -0.496 e. The van der Waals surface area contributed by atoms with Crippen LogP contribution in [-0.4, -0.2) is 20.1 Å². The van der Waals surface area contributed by atoms with Crippen molar-refractivity contribution >= 4 is 23.2 Å². The van der Waals surface area contributed by atoms with E-state index in [-0.39, 0.29) is 12.5 Å². The lowest BCUT2D eigenvalue weighted by Crippen LogP contribution is -2.13. The highest BCUT2D eigenvalue weighted by atomic mass is 35.5. The zero-order valence-corrected chi connectivity index (χ0v) is 18.8. The first-order chi connectivity index (χ1) is 14.9. The fourth-order valence-corrected chi connectivity index (χ4v) is 3.48. The van der Waals surface area contributed by atoms with E-state index in [4.69, 9.17) is 25.8 Å². The van der Waals surface area contributed by atoms with Gasteiger partial charge in [0.05, 0.1) is 19.2 Å². The minimum absolute atomic E-state index is 0.257. The Morgan fingerprint density at radius 2 is 1.65 bits per heavy atom. The number of carbonyl (C=O) groups excluding carboxylic acids is 1. The van der Waals surface area contributed by atoms with Gasteiger partial charge in [0.1, 0.15) is 23.9 Å². The average Bonchev–Trinajstić information content (AvgIpc) is 2.77. The first-order valence-electron chi connectivity index (χ1n) is 9.96. The lowest BCUT2D eigenvalue weighted by atomic mass is 10.0. The summed E-state index contributed by atoms with van der Waals surface area (Å²) in [4.78, 5) is 12.8. The number of amides is 1. The van der Waals surface area contributed by atoms with Crippen LogP contribution >= 0.6 is 11.6 Å². The van der Waals surface area contributed by atoms with Gasteiger partial charge in [-0.25, -0.2) is 0 Å². The summed E-state index contributed by atoms with van der Waals surface area (Å²) < 4.78 is 16.7. The highest BCUT2D eigenvalue weighted by Crippen LogP contribution is 2.29. The maximum Gasteiger partial charge on any atom is 0.255 e. The van der Waals surface area contributed by atoms with Crippen molar-refractivity contribution in [2.45, 2.75) is 26.4 Å². The molecule has 0 heterocycles. The molecule has 0 aromatic heterocycles. The largest absolute Gasteiger partial charge is 0.496 e. The molecule has 0 spiro atoms. The van der Waals surface area contributed by atoms with E-state index >= 15 is 0 Å². The second kappa shape index (κ2) is 10.2. The smallest absolute Gasteiger partial charge is 0.255 e. The third-order valence-electron chi connectivity index (χ3n) is 4.88. The van der Waals surface area contributed by atoms with E-state index in [1.165, 1.54) is 0 Å². The number of halogens is 1. The van der Waals surface area contributed by atoms with E-state index in [0.29, 0.717) is 33.7 Å². The van der Waals surface area contributed by atoms with Crippen LogP contribution in [0.2, 0.25) is 5.02 Å². The minimum atomic E-state index is -0.257. The summed E-state index contributed by atoms with van der Waals surface area (Å²) in [6, 6.07) is 18.3. The molecule has 0 radical (unpaired) electrons. The van der Waals surface area contributed by atoms with Crippen molar-refractivity contribution < 1.29 is 19.0 Å². The van der Waals surface area contributed by atoms with Gasteiger partial charge in [-0.1, -0.05) is 43.6 Å². The van der Waals surface area contributed by atoms with Crippen molar-refractivity contribution in [3.05, 3.63) is 82.4 Å². The summed E-state index contributed by atoms with van der Waals surface area (Å²) in [5.74, 6) is 2.11. The van der Waals surface area contributed by atoms with E-state index in [0.717, 1.165) is 16.9 Å². The van der Waals surface area contributed by atoms with E-state index in [2.05, 4.69) is 25.2 Å². The summed E-state index contributed by atoms with van der Waals surface area (Å²) in [6.45, 7) is 4.53. The molecule has 3 aromatic carbocycles. The van der Waals surface area contributed by atoms with E-state index in [1.807, 2.05) is 18.2 Å². The molecule has 0 saturated heterocycles. The molecular weight excluding hydrogens is 414 g/mol. The quantitative estimate of drug-likeness (QED) is 0.446. The molecule has 5 nitrogen and oxygen atoms in total. The number of hydrogen-bond acceptors (Lipinski definition) is 4. The van der Waals surface area contributed by atoms with Gasteiger partial charge in [0.2, 0.25) is 0 Å².